The van der Waals surface area contributed by atoms with E-state index in [0.29, 0.717) is 37.1 Å². The van der Waals surface area contributed by atoms with E-state index >= 15 is 0 Å². The van der Waals surface area contributed by atoms with Crippen LogP contribution in [0.15, 0.2) is 4.99 Å². The van der Waals surface area contributed by atoms with Gasteiger partial charge in [-0.2, -0.15) is 0 Å². The van der Waals surface area contributed by atoms with E-state index in [1.54, 1.807) is 0 Å². The molecule has 1 saturated carbocycles. The summed E-state index contributed by atoms with van der Waals surface area (Å²) in [5, 5.41) is 6.39. The van der Waals surface area contributed by atoms with E-state index in [-0.39, 0.29) is 11.8 Å². The van der Waals surface area contributed by atoms with Gasteiger partial charge in [-0.1, -0.05) is 0 Å². The van der Waals surface area contributed by atoms with Crippen molar-refractivity contribution >= 4 is 11.9 Å². The molecule has 3 aliphatic heterocycles. The molecule has 6 heteroatoms. The van der Waals surface area contributed by atoms with Crippen molar-refractivity contribution in [3.63, 3.8) is 0 Å². The highest BCUT2D eigenvalue weighted by molar-refractivity contribution is 5.81. The molecule has 3 heterocycles. The highest BCUT2D eigenvalue weighted by Gasteiger charge is 2.53. The molecule has 1 aliphatic carbocycles. The molecule has 128 valence electrons. The van der Waals surface area contributed by atoms with Crippen LogP contribution in [-0.4, -0.2) is 61.7 Å². The number of ether oxygens (including phenoxy) is 1. The predicted molar refractivity (Wildman–Crippen MR) is 88.2 cm³/mol. The van der Waals surface area contributed by atoms with Crippen LogP contribution in [-0.2, 0) is 9.53 Å². The highest BCUT2D eigenvalue weighted by Crippen LogP contribution is 2.47. The van der Waals surface area contributed by atoms with E-state index in [1.165, 1.54) is 12.8 Å². The summed E-state index contributed by atoms with van der Waals surface area (Å²) < 4.78 is 6.05. The van der Waals surface area contributed by atoms with Crippen molar-refractivity contribution in [1.29, 1.82) is 0 Å². The lowest BCUT2D eigenvalue weighted by molar-refractivity contribution is -0.122. The lowest BCUT2D eigenvalue weighted by Crippen LogP contribution is -2.42. The zero-order chi connectivity index (χ0) is 15.8. The normalized spacial score (nSPS) is 35.5. The zero-order valence-corrected chi connectivity index (χ0v) is 14.0. The van der Waals surface area contributed by atoms with E-state index in [4.69, 9.17) is 9.73 Å². The van der Waals surface area contributed by atoms with Crippen LogP contribution in [0.3, 0.4) is 0 Å². The van der Waals surface area contributed by atoms with Crippen LogP contribution in [0.4, 0.5) is 0 Å². The third kappa shape index (κ3) is 3.05. The Hall–Kier alpha value is -1.30. The zero-order valence-electron chi connectivity index (χ0n) is 14.0. The van der Waals surface area contributed by atoms with Crippen LogP contribution in [0.25, 0.3) is 0 Å². The lowest BCUT2D eigenvalue weighted by atomic mass is 9.82. The Bertz CT molecular complexity index is 473. The van der Waals surface area contributed by atoms with Gasteiger partial charge in [-0.3, -0.25) is 9.79 Å². The van der Waals surface area contributed by atoms with Crippen LogP contribution < -0.4 is 10.6 Å². The van der Waals surface area contributed by atoms with Gasteiger partial charge in [-0.15, -0.1) is 0 Å². The van der Waals surface area contributed by atoms with Gasteiger partial charge in [0.15, 0.2) is 5.96 Å². The highest BCUT2D eigenvalue weighted by atomic mass is 16.5. The van der Waals surface area contributed by atoms with Gasteiger partial charge in [0.2, 0.25) is 5.91 Å². The Morgan fingerprint density at radius 3 is 2.43 bits per heavy atom. The number of hydrogen-bond donors (Lipinski definition) is 2. The topological polar surface area (TPSA) is 66.0 Å². The molecule has 4 rings (SSSR count). The summed E-state index contributed by atoms with van der Waals surface area (Å²) in [6.45, 7) is 6.39. The fourth-order valence-electron chi connectivity index (χ4n) is 4.39. The number of aliphatic imine (C=N–C) groups is 1. The number of likely N-dealkylation sites (tertiary alicyclic amines) is 1. The number of guanidine groups is 1. The van der Waals surface area contributed by atoms with Crippen LogP contribution in [0, 0.1) is 17.8 Å². The van der Waals surface area contributed by atoms with Gasteiger partial charge in [0.1, 0.15) is 0 Å². The molecular weight excluding hydrogens is 292 g/mol. The summed E-state index contributed by atoms with van der Waals surface area (Å²) in [5.41, 5.74) is 0. The summed E-state index contributed by atoms with van der Waals surface area (Å²) in [4.78, 5) is 18.8. The minimum atomic E-state index is 0.203. The second kappa shape index (κ2) is 6.30. The first-order valence-corrected chi connectivity index (χ1v) is 9.22. The smallest absolute Gasteiger partial charge is 0.223 e. The molecule has 4 aliphatic rings. The van der Waals surface area contributed by atoms with E-state index < -0.39 is 0 Å². The van der Waals surface area contributed by atoms with Crippen molar-refractivity contribution in [2.75, 3.05) is 32.7 Å². The van der Waals surface area contributed by atoms with Gasteiger partial charge in [-0.05, 0) is 32.6 Å². The first-order chi connectivity index (χ1) is 11.3. The number of nitrogens with zero attached hydrogens (tertiary/aromatic N) is 2. The third-order valence-electron chi connectivity index (χ3n) is 5.71. The van der Waals surface area contributed by atoms with Crippen LogP contribution in [0.1, 0.15) is 32.6 Å². The molecule has 0 radical (unpaired) electrons. The molecule has 2 bridgehead atoms. The SMILES string of the molecule is CCNC(=NCCNC(=O)C1CC1)N1CC2C3CCC(O3)C2C1. The molecule has 0 aromatic rings. The van der Waals surface area contributed by atoms with Gasteiger partial charge >= 0.3 is 0 Å². The van der Waals surface area contributed by atoms with Gasteiger partial charge in [0.05, 0.1) is 18.8 Å². The fourth-order valence-corrected chi connectivity index (χ4v) is 4.39. The summed E-state index contributed by atoms with van der Waals surface area (Å²) >= 11 is 0. The first-order valence-electron chi connectivity index (χ1n) is 9.22. The molecule has 23 heavy (non-hydrogen) atoms. The number of fused-ring (bicyclic) bond motifs is 5. The number of rotatable bonds is 5. The molecule has 0 aromatic carbocycles. The van der Waals surface area contributed by atoms with Crippen molar-refractivity contribution in [1.82, 2.24) is 15.5 Å². The molecule has 4 atom stereocenters. The van der Waals surface area contributed by atoms with E-state index in [2.05, 4.69) is 22.5 Å². The monoisotopic (exact) mass is 320 g/mol. The van der Waals surface area contributed by atoms with Crippen molar-refractivity contribution in [3.8, 4) is 0 Å². The standard InChI is InChI=1S/C17H28N4O2/c1-2-18-17(20-8-7-19-16(22)11-3-4-11)21-9-12-13(10-21)15-6-5-14(12)23-15/h11-15H,2-10H2,1H3,(H,18,20)(H,19,22). The number of nitrogens with one attached hydrogen (secondary N) is 2. The predicted octanol–water partition coefficient (Wildman–Crippen LogP) is 0.587. The second-order valence-corrected chi connectivity index (χ2v) is 7.32. The molecule has 2 N–H and O–H groups in total. The number of amides is 1. The van der Waals surface area contributed by atoms with Crippen molar-refractivity contribution in [2.24, 2.45) is 22.7 Å². The summed E-state index contributed by atoms with van der Waals surface area (Å²) in [5.74, 6) is 2.86. The Balaban J connectivity index is 1.30. The third-order valence-corrected chi connectivity index (χ3v) is 5.71. The van der Waals surface area contributed by atoms with Crippen molar-refractivity contribution in [2.45, 2.75) is 44.8 Å². The lowest BCUT2D eigenvalue weighted by Gasteiger charge is -2.23. The van der Waals surface area contributed by atoms with Gasteiger partial charge < -0.3 is 20.3 Å². The van der Waals surface area contributed by atoms with Crippen molar-refractivity contribution < 1.29 is 9.53 Å². The average Bonchev–Trinajstić information content (AvgIpc) is 3.01. The Labute approximate surface area is 138 Å². The molecule has 0 aromatic heterocycles. The van der Waals surface area contributed by atoms with Crippen LogP contribution in [0.5, 0.6) is 0 Å². The minimum absolute atomic E-state index is 0.203. The quantitative estimate of drug-likeness (QED) is 0.442. The maximum atomic E-state index is 11.6. The summed E-state index contributed by atoms with van der Waals surface area (Å²) in [7, 11) is 0. The maximum absolute atomic E-state index is 11.6. The number of carbonyl (C=O) groups is 1. The van der Waals surface area contributed by atoms with Gasteiger partial charge in [0, 0.05) is 43.9 Å². The van der Waals surface area contributed by atoms with E-state index in [1.807, 2.05) is 0 Å². The second-order valence-electron chi connectivity index (χ2n) is 7.32. The van der Waals surface area contributed by atoms with Crippen LogP contribution in [0.2, 0.25) is 0 Å². The Kier molecular flexibility index (Phi) is 4.18. The molecule has 3 saturated heterocycles. The molecule has 4 unspecified atom stereocenters. The molecule has 6 nitrogen and oxygen atoms in total. The molecule has 1 amide bonds. The Morgan fingerprint density at radius 2 is 1.83 bits per heavy atom. The van der Waals surface area contributed by atoms with E-state index in [9.17, 15) is 4.79 Å². The fraction of sp³-hybridized carbons (Fsp3) is 0.882. The van der Waals surface area contributed by atoms with E-state index in [0.717, 1.165) is 38.4 Å². The minimum Gasteiger partial charge on any atom is -0.374 e. The molecule has 0 spiro atoms. The largest absolute Gasteiger partial charge is 0.374 e. The van der Waals surface area contributed by atoms with Crippen LogP contribution >= 0.6 is 0 Å². The number of carbonyl (C=O) groups excluding carboxylic acids is 1. The summed E-state index contributed by atoms with van der Waals surface area (Å²) in [6.07, 6.45) is 5.55. The maximum Gasteiger partial charge on any atom is 0.223 e. The van der Waals surface area contributed by atoms with Gasteiger partial charge in [0.25, 0.3) is 0 Å². The van der Waals surface area contributed by atoms with Crippen molar-refractivity contribution in [3.05, 3.63) is 0 Å². The first kappa shape index (κ1) is 15.2. The Morgan fingerprint density at radius 1 is 1.13 bits per heavy atom. The van der Waals surface area contributed by atoms with Gasteiger partial charge in [-0.25, -0.2) is 0 Å². The average molecular weight is 320 g/mol. The molecular formula is C17H28N4O2. The number of hydrogen-bond acceptors (Lipinski definition) is 3. The summed E-state index contributed by atoms with van der Waals surface area (Å²) in [6, 6.07) is 0. The molecule has 4 fully saturated rings.